The van der Waals surface area contributed by atoms with Crippen LogP contribution in [0, 0.1) is 0 Å². The normalized spacial score (nSPS) is 20.5. The van der Waals surface area contributed by atoms with E-state index in [9.17, 15) is 4.79 Å². The molecular weight excluding hydrogens is 370 g/mol. The first-order valence-electron chi connectivity index (χ1n) is 9.85. The third kappa shape index (κ3) is 3.21. The molecule has 1 N–H and O–H groups in total. The summed E-state index contributed by atoms with van der Waals surface area (Å²) in [7, 11) is 0. The molecular formula is C23H26ClN3O. The van der Waals surface area contributed by atoms with Gasteiger partial charge in [0.2, 0.25) is 5.91 Å². The van der Waals surface area contributed by atoms with Crippen molar-refractivity contribution in [2.24, 2.45) is 0 Å². The van der Waals surface area contributed by atoms with Crippen LogP contribution in [0.5, 0.6) is 0 Å². The number of nitrogens with one attached hydrogen (secondary N) is 1. The molecule has 1 aliphatic carbocycles. The highest BCUT2D eigenvalue weighted by Gasteiger charge is 2.50. The first-order valence-corrected chi connectivity index (χ1v) is 9.85. The fourth-order valence-electron chi connectivity index (χ4n) is 4.85. The van der Waals surface area contributed by atoms with E-state index in [4.69, 9.17) is 0 Å². The molecule has 28 heavy (non-hydrogen) atoms. The van der Waals surface area contributed by atoms with Gasteiger partial charge in [0.05, 0.1) is 6.67 Å². The number of nitrogens with zero attached hydrogens (tertiary/aromatic N) is 2. The summed E-state index contributed by atoms with van der Waals surface area (Å²) in [6, 6.07) is 19.0. The minimum Gasteiger partial charge on any atom is -0.339 e. The van der Waals surface area contributed by atoms with Crippen LogP contribution >= 0.6 is 12.4 Å². The number of carbonyl (C=O) groups excluding carboxylic acids is 1. The van der Waals surface area contributed by atoms with Crippen molar-refractivity contribution >= 4 is 30.1 Å². The zero-order valence-corrected chi connectivity index (χ0v) is 16.8. The van der Waals surface area contributed by atoms with Gasteiger partial charge in [-0.25, -0.2) is 0 Å². The lowest BCUT2D eigenvalue weighted by Crippen LogP contribution is -2.56. The lowest BCUT2D eigenvalue weighted by Gasteiger charge is -2.43. The molecule has 4 nitrogen and oxygen atoms in total. The van der Waals surface area contributed by atoms with Crippen molar-refractivity contribution in [2.45, 2.75) is 24.8 Å². The quantitative estimate of drug-likeness (QED) is 0.864. The summed E-state index contributed by atoms with van der Waals surface area (Å²) in [6.07, 6.45) is 5.18. The Kier molecular flexibility index (Phi) is 5.17. The van der Waals surface area contributed by atoms with Crippen molar-refractivity contribution in [3.8, 4) is 0 Å². The number of para-hydroxylation sites is 1. The highest BCUT2D eigenvalue weighted by atomic mass is 35.5. The van der Waals surface area contributed by atoms with Gasteiger partial charge >= 0.3 is 0 Å². The average molecular weight is 396 g/mol. The number of hydrogen-bond donors (Lipinski definition) is 1. The number of likely N-dealkylation sites (tertiary alicyclic amines) is 1. The Morgan fingerprint density at radius 1 is 0.964 bits per heavy atom. The second kappa shape index (κ2) is 7.61. The third-order valence-corrected chi connectivity index (χ3v) is 6.35. The number of anilines is 1. The summed E-state index contributed by atoms with van der Waals surface area (Å²) in [5.41, 5.74) is 5.05. The third-order valence-electron chi connectivity index (χ3n) is 6.35. The highest BCUT2D eigenvalue weighted by Crippen LogP contribution is 2.36. The molecule has 5 rings (SSSR count). The Labute approximate surface area is 172 Å². The van der Waals surface area contributed by atoms with Gasteiger partial charge in [0.1, 0.15) is 5.54 Å². The summed E-state index contributed by atoms with van der Waals surface area (Å²) >= 11 is 0. The van der Waals surface area contributed by atoms with E-state index in [0.717, 1.165) is 44.6 Å². The monoisotopic (exact) mass is 395 g/mol. The van der Waals surface area contributed by atoms with E-state index in [1.54, 1.807) is 0 Å². The Morgan fingerprint density at radius 2 is 1.68 bits per heavy atom. The molecule has 146 valence electrons. The van der Waals surface area contributed by atoms with Gasteiger partial charge in [0.15, 0.2) is 0 Å². The van der Waals surface area contributed by atoms with Crippen LogP contribution in [0.15, 0.2) is 60.2 Å². The van der Waals surface area contributed by atoms with Crippen molar-refractivity contribution in [1.29, 1.82) is 0 Å². The van der Waals surface area contributed by atoms with Crippen LogP contribution in [0.3, 0.4) is 0 Å². The predicted molar refractivity (Wildman–Crippen MR) is 116 cm³/mol. The number of halogens is 1. The van der Waals surface area contributed by atoms with E-state index >= 15 is 0 Å². The lowest BCUT2D eigenvalue weighted by molar-refractivity contribution is -0.125. The predicted octanol–water partition coefficient (Wildman–Crippen LogP) is 3.48. The molecule has 2 saturated heterocycles. The largest absolute Gasteiger partial charge is 0.339 e. The van der Waals surface area contributed by atoms with Gasteiger partial charge < -0.3 is 10.2 Å². The molecule has 0 unspecified atom stereocenters. The number of hydrogen-bond acceptors (Lipinski definition) is 3. The van der Waals surface area contributed by atoms with Crippen LogP contribution < -0.4 is 10.2 Å². The molecule has 2 aliphatic heterocycles. The maximum absolute atomic E-state index is 12.8. The number of carbonyl (C=O) groups is 1. The SMILES string of the molecule is Cl.O=C1NCN(c2ccccc2)C12CCN(CC1=Cc3ccccc3C1)CC2. The maximum Gasteiger partial charge on any atom is 0.247 e. The van der Waals surface area contributed by atoms with Crippen molar-refractivity contribution < 1.29 is 4.79 Å². The van der Waals surface area contributed by atoms with Crippen LogP contribution in [-0.4, -0.2) is 42.6 Å². The molecule has 2 heterocycles. The lowest BCUT2D eigenvalue weighted by atomic mass is 9.85. The first kappa shape index (κ1) is 19.0. The van der Waals surface area contributed by atoms with Gasteiger partial charge in [-0.3, -0.25) is 9.69 Å². The minimum atomic E-state index is -0.384. The van der Waals surface area contributed by atoms with Crippen LogP contribution in [0.2, 0.25) is 0 Å². The maximum atomic E-state index is 12.8. The summed E-state index contributed by atoms with van der Waals surface area (Å²) in [5, 5.41) is 3.09. The number of amides is 1. The van der Waals surface area contributed by atoms with Gasteiger partial charge in [0.25, 0.3) is 0 Å². The number of fused-ring (bicyclic) bond motifs is 1. The summed E-state index contributed by atoms with van der Waals surface area (Å²) < 4.78 is 0. The molecule has 0 bridgehead atoms. The van der Waals surface area contributed by atoms with Gasteiger partial charge in [-0.05, 0) is 42.5 Å². The van der Waals surface area contributed by atoms with E-state index in [1.165, 1.54) is 16.7 Å². The molecule has 0 radical (unpaired) electrons. The average Bonchev–Trinajstić information content (AvgIpc) is 3.25. The van der Waals surface area contributed by atoms with E-state index < -0.39 is 0 Å². The minimum absolute atomic E-state index is 0. The number of piperidine rings is 1. The standard InChI is InChI=1S/C23H25N3O.ClH/c27-22-23(26(17-24-22)21-8-2-1-3-9-21)10-12-25(13-11-23)16-18-14-19-6-4-5-7-20(19)15-18;/h1-9,14H,10-13,15-17H2,(H,24,27);1H. The first-order chi connectivity index (χ1) is 13.2. The Balaban J connectivity index is 0.00000192. The van der Waals surface area contributed by atoms with Crippen molar-refractivity contribution in [2.75, 3.05) is 31.2 Å². The van der Waals surface area contributed by atoms with Crippen molar-refractivity contribution in [3.05, 3.63) is 71.3 Å². The van der Waals surface area contributed by atoms with Crippen molar-refractivity contribution in [3.63, 3.8) is 0 Å². The fraction of sp³-hybridized carbons (Fsp3) is 0.348. The fourth-order valence-corrected chi connectivity index (χ4v) is 4.85. The van der Waals surface area contributed by atoms with Gasteiger partial charge in [-0.15, -0.1) is 12.4 Å². The topological polar surface area (TPSA) is 35.6 Å². The van der Waals surface area contributed by atoms with Crippen LogP contribution in [0.1, 0.15) is 24.0 Å². The zero-order chi connectivity index (χ0) is 18.3. The molecule has 2 aromatic rings. The van der Waals surface area contributed by atoms with E-state index in [2.05, 4.69) is 57.6 Å². The Morgan fingerprint density at radius 3 is 2.43 bits per heavy atom. The molecule has 3 aliphatic rings. The summed E-state index contributed by atoms with van der Waals surface area (Å²) in [4.78, 5) is 17.5. The van der Waals surface area contributed by atoms with Crippen LogP contribution in [-0.2, 0) is 11.2 Å². The molecule has 0 aromatic heterocycles. The number of benzene rings is 2. The number of rotatable bonds is 3. The summed E-state index contributed by atoms with van der Waals surface area (Å²) in [5.74, 6) is 0.193. The van der Waals surface area contributed by atoms with Crippen LogP contribution in [0.4, 0.5) is 5.69 Å². The van der Waals surface area contributed by atoms with Crippen molar-refractivity contribution in [1.82, 2.24) is 10.2 Å². The van der Waals surface area contributed by atoms with E-state index in [0.29, 0.717) is 6.67 Å². The molecule has 1 amide bonds. The zero-order valence-electron chi connectivity index (χ0n) is 15.9. The molecule has 2 aromatic carbocycles. The van der Waals surface area contributed by atoms with Gasteiger partial charge in [-0.2, -0.15) is 0 Å². The molecule has 0 saturated carbocycles. The van der Waals surface area contributed by atoms with Crippen LogP contribution in [0.25, 0.3) is 6.08 Å². The molecule has 0 atom stereocenters. The Hall–Kier alpha value is -2.30. The molecule has 2 fully saturated rings. The second-order valence-electron chi connectivity index (χ2n) is 7.91. The summed E-state index contributed by atoms with van der Waals surface area (Å²) in [6.45, 7) is 3.55. The highest BCUT2D eigenvalue weighted by molar-refractivity contribution is 5.93. The second-order valence-corrected chi connectivity index (χ2v) is 7.91. The smallest absolute Gasteiger partial charge is 0.247 e. The van der Waals surface area contributed by atoms with E-state index in [-0.39, 0.29) is 23.9 Å². The van der Waals surface area contributed by atoms with E-state index in [1.807, 2.05) is 18.2 Å². The Bertz CT molecular complexity index is 888. The molecule has 5 heteroatoms. The van der Waals surface area contributed by atoms with Gasteiger partial charge in [0, 0.05) is 25.3 Å². The molecule has 1 spiro atoms. The van der Waals surface area contributed by atoms with Gasteiger partial charge in [-0.1, -0.05) is 54.1 Å².